The first-order valence-corrected chi connectivity index (χ1v) is 8.78. The number of carboxylic acid groups (broad SMARTS) is 1. The molecule has 1 saturated carbocycles. The molecular weight excluding hydrogens is 367 g/mol. The highest BCUT2D eigenvalue weighted by atomic mass is 35.5. The Morgan fingerprint density at radius 1 is 1.24 bits per heavy atom. The molecule has 2 aliphatic rings. The number of aromatic amines is 1. The Bertz CT molecular complexity index is 798. The van der Waals surface area contributed by atoms with Gasteiger partial charge in [-0.25, -0.2) is 9.89 Å². The lowest BCUT2D eigenvalue weighted by atomic mass is 10.0. The van der Waals surface area contributed by atoms with E-state index >= 15 is 0 Å². The van der Waals surface area contributed by atoms with E-state index in [1.165, 1.54) is 0 Å². The zero-order valence-corrected chi connectivity index (χ0v) is 14.7. The molecule has 9 heteroatoms. The van der Waals surface area contributed by atoms with Crippen LogP contribution in [0.3, 0.4) is 0 Å². The Kier molecular flexibility index (Phi) is 4.21. The molecule has 1 aromatic carbocycles. The van der Waals surface area contributed by atoms with E-state index in [-0.39, 0.29) is 17.7 Å². The minimum absolute atomic E-state index is 0.0332. The highest BCUT2D eigenvalue weighted by Gasteiger charge is 2.42. The fourth-order valence-electron chi connectivity index (χ4n) is 3.83. The maximum Gasteiger partial charge on any atom is 0.359 e. The third-order valence-electron chi connectivity index (χ3n) is 4.98. The highest BCUT2D eigenvalue weighted by molar-refractivity contribution is 6.42. The zero-order chi connectivity index (χ0) is 17.6. The summed E-state index contributed by atoms with van der Waals surface area (Å²) in [7, 11) is 0. The monoisotopic (exact) mass is 382 g/mol. The highest BCUT2D eigenvalue weighted by Crippen LogP contribution is 2.42. The Balaban J connectivity index is 1.39. The average Bonchev–Trinajstić information content (AvgIpc) is 3.24. The van der Waals surface area contributed by atoms with Crippen molar-refractivity contribution < 1.29 is 14.6 Å². The molecule has 3 atom stereocenters. The lowest BCUT2D eigenvalue weighted by Crippen LogP contribution is -2.24. The predicted octanol–water partition coefficient (Wildman–Crippen LogP) is 3.10. The summed E-state index contributed by atoms with van der Waals surface area (Å²) in [5, 5.41) is 19.8. The topological polar surface area (TPSA) is 91.3 Å². The average molecular weight is 383 g/mol. The predicted molar refractivity (Wildman–Crippen MR) is 92.6 cm³/mol. The van der Waals surface area contributed by atoms with E-state index in [9.17, 15) is 4.79 Å². The van der Waals surface area contributed by atoms with E-state index in [4.69, 9.17) is 33.0 Å². The first-order chi connectivity index (χ1) is 12.0. The smallest absolute Gasteiger partial charge is 0.359 e. The van der Waals surface area contributed by atoms with Gasteiger partial charge in [0.15, 0.2) is 0 Å². The maximum atomic E-state index is 11.1. The first-order valence-electron chi connectivity index (χ1n) is 8.02. The molecule has 132 valence electrons. The van der Waals surface area contributed by atoms with Gasteiger partial charge in [-0.1, -0.05) is 33.5 Å². The van der Waals surface area contributed by atoms with Crippen molar-refractivity contribution >= 4 is 34.9 Å². The minimum Gasteiger partial charge on any atom is -0.476 e. The Labute approximate surface area is 153 Å². The molecule has 2 N–H and O–H groups in total. The van der Waals surface area contributed by atoms with Gasteiger partial charge < -0.3 is 14.7 Å². The number of benzene rings is 1. The summed E-state index contributed by atoms with van der Waals surface area (Å²) >= 11 is 12.1. The number of ether oxygens (including phenoxy) is 1. The van der Waals surface area contributed by atoms with Gasteiger partial charge in [0.25, 0.3) is 5.88 Å². The first kappa shape index (κ1) is 16.5. The Morgan fingerprint density at radius 2 is 1.96 bits per heavy atom. The Morgan fingerprint density at radius 3 is 2.60 bits per heavy atom. The number of aromatic carboxylic acids is 1. The lowest BCUT2D eigenvalue weighted by Gasteiger charge is -2.21. The Hall–Kier alpha value is -1.99. The summed E-state index contributed by atoms with van der Waals surface area (Å²) in [6, 6.07) is 5.70. The van der Waals surface area contributed by atoms with Gasteiger partial charge in [-0.3, -0.25) is 0 Å². The summed E-state index contributed by atoms with van der Waals surface area (Å²) in [6.07, 6.45) is 1.71. The number of rotatable bonds is 4. The SMILES string of the molecule is O=C(O)c1[nH]nnc1O[C@@H]1C[C@@H]2CN(c3ccc(Cl)c(Cl)c3)C[C@@H]2C1. The standard InChI is InChI=1S/C16H16Cl2N4O3/c17-12-2-1-10(5-13(12)18)22-6-8-3-11(4-9(8)7-22)25-15-14(16(23)24)19-21-20-15/h1-2,5,8-9,11H,3-4,6-7H2,(H,23,24)(H,19,20,21)/t8-,9+,11-. The number of H-pyrrole nitrogens is 1. The van der Waals surface area contributed by atoms with E-state index in [1.54, 1.807) is 0 Å². The van der Waals surface area contributed by atoms with Crippen molar-refractivity contribution in [3.63, 3.8) is 0 Å². The van der Waals surface area contributed by atoms with Crippen LogP contribution >= 0.6 is 23.2 Å². The van der Waals surface area contributed by atoms with Gasteiger partial charge in [0.05, 0.1) is 10.0 Å². The molecular formula is C16H16Cl2N4O3. The number of carboxylic acids is 1. The van der Waals surface area contributed by atoms with Crippen LogP contribution in [0.15, 0.2) is 18.2 Å². The van der Waals surface area contributed by atoms with Crippen LogP contribution < -0.4 is 9.64 Å². The van der Waals surface area contributed by atoms with Crippen LogP contribution in [0, 0.1) is 11.8 Å². The summed E-state index contributed by atoms with van der Waals surface area (Å²) in [5.74, 6) is -0.0536. The van der Waals surface area contributed by atoms with Gasteiger partial charge in [-0.2, -0.15) is 0 Å². The molecule has 1 saturated heterocycles. The normalized spacial score (nSPS) is 25.2. The summed E-state index contributed by atoms with van der Waals surface area (Å²) < 4.78 is 5.78. The number of fused-ring (bicyclic) bond motifs is 1. The van der Waals surface area contributed by atoms with Gasteiger partial charge in [-0.05, 0) is 42.9 Å². The van der Waals surface area contributed by atoms with E-state index < -0.39 is 5.97 Å². The third kappa shape index (κ3) is 3.14. The van der Waals surface area contributed by atoms with Crippen molar-refractivity contribution in [3.8, 4) is 5.88 Å². The third-order valence-corrected chi connectivity index (χ3v) is 5.72. The van der Waals surface area contributed by atoms with E-state index in [1.807, 2.05) is 18.2 Å². The molecule has 0 spiro atoms. The van der Waals surface area contributed by atoms with Gasteiger partial charge in [0, 0.05) is 18.8 Å². The van der Waals surface area contributed by atoms with Gasteiger partial charge in [-0.15, -0.1) is 0 Å². The number of hydrogen-bond acceptors (Lipinski definition) is 5. The molecule has 0 bridgehead atoms. The van der Waals surface area contributed by atoms with Crippen LogP contribution in [-0.2, 0) is 0 Å². The summed E-state index contributed by atoms with van der Waals surface area (Å²) in [4.78, 5) is 13.4. The van der Waals surface area contributed by atoms with Crippen LogP contribution in [0.1, 0.15) is 23.3 Å². The molecule has 2 heterocycles. The number of carbonyl (C=O) groups is 1. The molecule has 4 rings (SSSR count). The van der Waals surface area contributed by atoms with Gasteiger partial charge in [0.2, 0.25) is 5.69 Å². The molecule has 25 heavy (non-hydrogen) atoms. The van der Waals surface area contributed by atoms with Crippen LogP contribution in [-0.4, -0.2) is 45.7 Å². The van der Waals surface area contributed by atoms with Crippen molar-refractivity contribution in [2.24, 2.45) is 11.8 Å². The van der Waals surface area contributed by atoms with Gasteiger partial charge in [0.1, 0.15) is 6.10 Å². The fraction of sp³-hybridized carbons (Fsp3) is 0.438. The van der Waals surface area contributed by atoms with Gasteiger partial charge >= 0.3 is 5.97 Å². The van der Waals surface area contributed by atoms with Crippen LogP contribution in [0.5, 0.6) is 5.88 Å². The van der Waals surface area contributed by atoms with Crippen molar-refractivity contribution in [1.82, 2.24) is 15.4 Å². The van der Waals surface area contributed by atoms with Crippen LogP contribution in [0.4, 0.5) is 5.69 Å². The molecule has 1 aliphatic heterocycles. The number of nitrogens with zero attached hydrogens (tertiary/aromatic N) is 3. The zero-order valence-electron chi connectivity index (χ0n) is 13.2. The van der Waals surface area contributed by atoms with Crippen molar-refractivity contribution in [2.45, 2.75) is 18.9 Å². The molecule has 0 amide bonds. The van der Waals surface area contributed by atoms with Crippen molar-refractivity contribution in [2.75, 3.05) is 18.0 Å². The van der Waals surface area contributed by atoms with Crippen molar-refractivity contribution in [1.29, 1.82) is 0 Å². The number of aromatic nitrogens is 3. The lowest BCUT2D eigenvalue weighted by molar-refractivity contribution is 0.0682. The van der Waals surface area contributed by atoms with E-state index in [0.29, 0.717) is 21.9 Å². The second-order valence-electron chi connectivity index (χ2n) is 6.53. The van der Waals surface area contributed by atoms with Crippen molar-refractivity contribution in [3.05, 3.63) is 33.9 Å². The number of halogens is 2. The van der Waals surface area contributed by atoms with Crippen LogP contribution in [0.25, 0.3) is 0 Å². The maximum absolute atomic E-state index is 11.1. The quantitative estimate of drug-likeness (QED) is 0.843. The molecule has 1 aliphatic carbocycles. The molecule has 0 unspecified atom stereocenters. The number of anilines is 1. The number of hydrogen-bond donors (Lipinski definition) is 2. The number of nitrogens with one attached hydrogen (secondary N) is 1. The molecule has 2 fully saturated rings. The minimum atomic E-state index is -1.12. The van der Waals surface area contributed by atoms with E-state index in [2.05, 4.69) is 20.3 Å². The summed E-state index contributed by atoms with van der Waals surface area (Å²) in [6.45, 7) is 1.85. The second-order valence-corrected chi connectivity index (χ2v) is 7.35. The molecule has 0 radical (unpaired) electrons. The fourth-order valence-corrected chi connectivity index (χ4v) is 4.12. The largest absolute Gasteiger partial charge is 0.476 e. The molecule has 1 aromatic heterocycles. The molecule has 7 nitrogen and oxygen atoms in total. The summed E-state index contributed by atoms with van der Waals surface area (Å²) in [5.41, 5.74) is 0.973. The second kappa shape index (κ2) is 6.38. The van der Waals surface area contributed by atoms with E-state index in [0.717, 1.165) is 31.6 Å². The van der Waals surface area contributed by atoms with Crippen LogP contribution in [0.2, 0.25) is 10.0 Å². The molecule has 2 aromatic rings.